The van der Waals surface area contributed by atoms with Crippen molar-refractivity contribution in [3.63, 3.8) is 0 Å². The third-order valence-electron chi connectivity index (χ3n) is 2.22. The third-order valence-corrected chi connectivity index (χ3v) is 3.57. The van der Waals surface area contributed by atoms with Crippen molar-refractivity contribution in [3.8, 4) is 5.75 Å². The molecule has 5 nitrogen and oxygen atoms in total. The van der Waals surface area contributed by atoms with E-state index in [0.717, 1.165) is 0 Å². The van der Waals surface area contributed by atoms with Gasteiger partial charge in [-0.25, -0.2) is 8.42 Å². The zero-order chi connectivity index (χ0) is 13.8. The Kier molecular flexibility index (Phi) is 4.98. The van der Waals surface area contributed by atoms with Gasteiger partial charge in [0.05, 0.1) is 11.5 Å². The fraction of sp³-hybridized carbons (Fsp3) is 0.364. The Morgan fingerprint density at radius 1 is 1.44 bits per heavy atom. The molecule has 0 saturated carbocycles. The molecule has 0 aromatic heterocycles. The number of carboxylic acids is 1. The second-order valence-electron chi connectivity index (χ2n) is 3.71. The molecule has 1 aromatic rings. The predicted octanol–water partition coefficient (Wildman–Crippen LogP) is 2.17. The van der Waals surface area contributed by atoms with Crippen molar-refractivity contribution in [3.05, 3.63) is 23.8 Å². The van der Waals surface area contributed by atoms with Crippen LogP contribution in [0.2, 0.25) is 0 Å². The number of hydrogen-bond acceptors (Lipinski definition) is 4. The summed E-state index contributed by atoms with van der Waals surface area (Å²) in [5.74, 6) is -0.358. The molecule has 1 aromatic carbocycles. The van der Waals surface area contributed by atoms with Crippen LogP contribution in [0, 0.1) is 6.92 Å². The molecule has 0 amide bonds. The van der Waals surface area contributed by atoms with Gasteiger partial charge in [0.1, 0.15) is 5.75 Å². The summed E-state index contributed by atoms with van der Waals surface area (Å²) in [7, 11) is 1.47. The van der Waals surface area contributed by atoms with Crippen molar-refractivity contribution in [2.24, 2.45) is 0 Å². The lowest BCUT2D eigenvalue weighted by Crippen LogP contribution is -2.03. The van der Waals surface area contributed by atoms with Crippen LogP contribution in [0.1, 0.15) is 18.4 Å². The summed E-state index contributed by atoms with van der Waals surface area (Å²) in [6.45, 7) is 1.96. The molecule has 7 heteroatoms. The van der Waals surface area contributed by atoms with Crippen LogP contribution in [-0.2, 0) is 13.8 Å². The molecule has 0 unspecified atom stereocenters. The van der Waals surface area contributed by atoms with E-state index in [1.807, 2.05) is 0 Å². The summed E-state index contributed by atoms with van der Waals surface area (Å²) in [4.78, 5) is 10.3. The highest BCUT2D eigenvalue weighted by molar-refractivity contribution is 8.13. The zero-order valence-corrected chi connectivity index (χ0v) is 11.3. The molecule has 0 aliphatic heterocycles. The number of aliphatic carboxylic acids is 1. The predicted molar refractivity (Wildman–Crippen MR) is 66.6 cm³/mol. The van der Waals surface area contributed by atoms with Gasteiger partial charge in [-0.05, 0) is 37.1 Å². The van der Waals surface area contributed by atoms with Gasteiger partial charge in [0.25, 0.3) is 9.05 Å². The van der Waals surface area contributed by atoms with Gasteiger partial charge in [-0.3, -0.25) is 4.79 Å². The molecule has 0 spiro atoms. The maximum atomic E-state index is 11.1. The quantitative estimate of drug-likeness (QED) is 0.642. The number of carbonyl (C=O) groups is 1. The minimum Gasteiger partial charge on any atom is -0.493 e. The molecule has 0 fully saturated rings. The summed E-state index contributed by atoms with van der Waals surface area (Å²) in [5, 5.41) is 8.45. The van der Waals surface area contributed by atoms with Gasteiger partial charge in [-0.2, -0.15) is 0 Å². The Labute approximate surface area is 110 Å². The molecule has 0 radical (unpaired) electrons. The van der Waals surface area contributed by atoms with E-state index in [-0.39, 0.29) is 17.9 Å². The van der Waals surface area contributed by atoms with E-state index in [2.05, 4.69) is 0 Å². The summed E-state index contributed by atoms with van der Waals surface area (Å²) in [6, 6.07) is 4.27. The average Bonchev–Trinajstić information content (AvgIpc) is 2.24. The Balaban J connectivity index is 2.66. The molecule has 0 aliphatic carbocycles. The van der Waals surface area contributed by atoms with Crippen LogP contribution < -0.4 is 4.74 Å². The highest BCUT2D eigenvalue weighted by Gasteiger charge is 2.11. The Morgan fingerprint density at radius 3 is 2.61 bits per heavy atom. The van der Waals surface area contributed by atoms with Crippen molar-refractivity contribution in [2.75, 3.05) is 6.61 Å². The zero-order valence-electron chi connectivity index (χ0n) is 9.72. The van der Waals surface area contributed by atoms with E-state index < -0.39 is 15.0 Å². The molecule has 18 heavy (non-hydrogen) atoms. The molecule has 0 bridgehead atoms. The summed E-state index contributed by atoms with van der Waals surface area (Å²) >= 11 is 0. The Morgan fingerprint density at radius 2 is 2.11 bits per heavy atom. The van der Waals surface area contributed by atoms with Crippen molar-refractivity contribution >= 4 is 25.7 Å². The number of aryl methyl sites for hydroxylation is 1. The largest absolute Gasteiger partial charge is 0.493 e. The first-order valence-electron chi connectivity index (χ1n) is 5.20. The summed E-state index contributed by atoms with van der Waals surface area (Å²) in [6.07, 6.45) is 0.428. The lowest BCUT2D eigenvalue weighted by Gasteiger charge is -2.09. The number of halogens is 1. The van der Waals surface area contributed by atoms with Gasteiger partial charge in [0.2, 0.25) is 0 Å². The third kappa shape index (κ3) is 4.54. The molecular weight excluding hydrogens is 280 g/mol. The van der Waals surface area contributed by atoms with Crippen LogP contribution in [0.3, 0.4) is 0 Å². The molecular formula is C11H13ClO5S. The second-order valence-corrected chi connectivity index (χ2v) is 6.28. The first kappa shape index (κ1) is 14.8. The van der Waals surface area contributed by atoms with Crippen LogP contribution in [0.15, 0.2) is 23.1 Å². The van der Waals surface area contributed by atoms with Gasteiger partial charge in [0, 0.05) is 17.1 Å². The molecule has 1 N–H and O–H groups in total. The molecule has 0 aliphatic rings. The maximum absolute atomic E-state index is 11.1. The summed E-state index contributed by atoms with van der Waals surface area (Å²) < 4.78 is 27.5. The van der Waals surface area contributed by atoms with E-state index in [9.17, 15) is 13.2 Å². The second kappa shape index (κ2) is 6.06. The summed E-state index contributed by atoms with van der Waals surface area (Å²) in [5.41, 5.74) is 0.632. The minimum atomic E-state index is -3.74. The van der Waals surface area contributed by atoms with E-state index in [0.29, 0.717) is 17.7 Å². The molecule has 0 heterocycles. The lowest BCUT2D eigenvalue weighted by atomic mass is 10.2. The van der Waals surface area contributed by atoms with Crippen LogP contribution in [0.4, 0.5) is 0 Å². The fourth-order valence-electron chi connectivity index (χ4n) is 1.34. The number of hydrogen-bond donors (Lipinski definition) is 1. The SMILES string of the molecule is Cc1cc(S(=O)(=O)Cl)ccc1OCCCC(=O)O. The van der Waals surface area contributed by atoms with E-state index in [1.165, 1.54) is 18.2 Å². The highest BCUT2D eigenvalue weighted by atomic mass is 35.7. The fourth-order valence-corrected chi connectivity index (χ4v) is 2.18. The molecule has 0 saturated heterocycles. The smallest absolute Gasteiger partial charge is 0.303 e. The van der Waals surface area contributed by atoms with Crippen molar-refractivity contribution in [2.45, 2.75) is 24.7 Å². The number of carboxylic acid groups (broad SMARTS) is 1. The van der Waals surface area contributed by atoms with Gasteiger partial charge < -0.3 is 9.84 Å². The standard InChI is InChI=1S/C11H13ClO5S/c1-8-7-9(18(12,15)16)4-5-10(8)17-6-2-3-11(13)14/h4-5,7H,2-3,6H2,1H3,(H,13,14). The number of benzene rings is 1. The van der Waals surface area contributed by atoms with Gasteiger partial charge in [0.15, 0.2) is 0 Å². The first-order valence-corrected chi connectivity index (χ1v) is 7.51. The van der Waals surface area contributed by atoms with Crippen LogP contribution in [0.25, 0.3) is 0 Å². The molecule has 0 atom stereocenters. The van der Waals surface area contributed by atoms with Crippen LogP contribution >= 0.6 is 10.7 Å². The Bertz CT molecular complexity index is 538. The van der Waals surface area contributed by atoms with Gasteiger partial charge in [-0.1, -0.05) is 0 Å². The Hall–Kier alpha value is -1.27. The van der Waals surface area contributed by atoms with Gasteiger partial charge in [-0.15, -0.1) is 0 Å². The normalized spacial score (nSPS) is 11.2. The van der Waals surface area contributed by atoms with Crippen molar-refractivity contribution in [1.82, 2.24) is 0 Å². The van der Waals surface area contributed by atoms with Crippen molar-refractivity contribution < 1.29 is 23.1 Å². The van der Waals surface area contributed by atoms with E-state index >= 15 is 0 Å². The van der Waals surface area contributed by atoms with Crippen molar-refractivity contribution in [1.29, 1.82) is 0 Å². The first-order chi connectivity index (χ1) is 8.30. The average molecular weight is 293 g/mol. The minimum absolute atomic E-state index is 0.0135. The topological polar surface area (TPSA) is 80.7 Å². The van der Waals surface area contributed by atoms with Crippen LogP contribution in [-0.4, -0.2) is 26.1 Å². The molecule has 100 valence electrons. The number of ether oxygens (including phenoxy) is 1. The number of rotatable bonds is 6. The van der Waals surface area contributed by atoms with Gasteiger partial charge >= 0.3 is 5.97 Å². The van der Waals surface area contributed by atoms with E-state index in [4.69, 9.17) is 20.5 Å². The van der Waals surface area contributed by atoms with Crippen LogP contribution in [0.5, 0.6) is 5.75 Å². The monoisotopic (exact) mass is 292 g/mol. The lowest BCUT2D eigenvalue weighted by molar-refractivity contribution is -0.137. The van der Waals surface area contributed by atoms with E-state index in [1.54, 1.807) is 6.92 Å². The maximum Gasteiger partial charge on any atom is 0.303 e. The highest BCUT2D eigenvalue weighted by Crippen LogP contribution is 2.23. The molecule has 1 rings (SSSR count).